The summed E-state index contributed by atoms with van der Waals surface area (Å²) in [4.78, 5) is 9.98. The SMILES string of the molecule is Cc1cc(C)c(N2CN(c3cccc(Oc4ccc5c6ccc7c8ccccc8sc7c6n(-c6cc(C(C)(C)C)ccn6)c5c4)c3)C(c3ccccc3)=C2c2ccccc2)c(C)c1. The van der Waals surface area contributed by atoms with Crippen molar-refractivity contribution in [2.45, 2.75) is 47.0 Å². The molecule has 0 saturated heterocycles. The second-order valence-corrected chi connectivity index (χ2v) is 18.9. The molecule has 0 bridgehead atoms. The quantitative estimate of drug-likeness (QED) is 0.160. The molecule has 7 aromatic carbocycles. The summed E-state index contributed by atoms with van der Waals surface area (Å²) < 4.78 is 11.8. The van der Waals surface area contributed by atoms with Crippen LogP contribution in [0.5, 0.6) is 11.5 Å². The van der Waals surface area contributed by atoms with Crippen LogP contribution in [0.3, 0.4) is 0 Å². The van der Waals surface area contributed by atoms with E-state index in [1.165, 1.54) is 75.7 Å². The van der Waals surface area contributed by atoms with Gasteiger partial charge in [-0.05, 0) is 85.3 Å². The van der Waals surface area contributed by atoms with Crippen molar-refractivity contribution in [2.75, 3.05) is 16.5 Å². The van der Waals surface area contributed by atoms with E-state index in [-0.39, 0.29) is 5.41 Å². The Hall–Kier alpha value is -7.15. The van der Waals surface area contributed by atoms with Crippen molar-refractivity contribution in [1.29, 1.82) is 0 Å². The molecule has 4 heterocycles. The van der Waals surface area contributed by atoms with Crippen molar-refractivity contribution in [3.8, 4) is 17.3 Å². The van der Waals surface area contributed by atoms with Gasteiger partial charge in [-0.15, -0.1) is 11.3 Å². The normalized spacial score (nSPS) is 13.4. The number of ether oxygens (including phenoxy) is 1. The molecule has 308 valence electrons. The second-order valence-electron chi connectivity index (χ2n) is 17.9. The first kappa shape index (κ1) is 38.7. The van der Waals surface area contributed by atoms with Crippen LogP contribution in [0.1, 0.15) is 54.2 Å². The first-order valence-corrected chi connectivity index (χ1v) is 22.5. The Bertz CT molecular complexity index is 3400. The maximum absolute atomic E-state index is 6.91. The summed E-state index contributed by atoms with van der Waals surface area (Å²) in [5, 5.41) is 4.91. The van der Waals surface area contributed by atoms with Crippen molar-refractivity contribution < 1.29 is 4.74 Å². The number of anilines is 2. The highest BCUT2D eigenvalue weighted by atomic mass is 32.1. The third-order valence-corrected chi connectivity index (χ3v) is 13.7. The molecule has 0 atom stereocenters. The molecule has 0 N–H and O–H groups in total. The Morgan fingerprint density at radius 3 is 1.95 bits per heavy atom. The molecule has 63 heavy (non-hydrogen) atoms. The Labute approximate surface area is 372 Å². The lowest BCUT2D eigenvalue weighted by Crippen LogP contribution is -2.28. The van der Waals surface area contributed by atoms with Crippen LogP contribution in [0.2, 0.25) is 0 Å². The van der Waals surface area contributed by atoms with Crippen LogP contribution in [0.4, 0.5) is 11.4 Å². The van der Waals surface area contributed by atoms with Crippen molar-refractivity contribution in [3.05, 3.63) is 203 Å². The topological polar surface area (TPSA) is 33.5 Å². The number of benzene rings is 7. The molecule has 1 aliphatic rings. The van der Waals surface area contributed by atoms with Gasteiger partial charge in [-0.25, -0.2) is 4.98 Å². The Kier molecular flexibility index (Phi) is 9.25. The van der Waals surface area contributed by atoms with E-state index in [1.807, 2.05) is 17.5 Å². The van der Waals surface area contributed by atoms with Crippen molar-refractivity contribution in [2.24, 2.45) is 0 Å². The summed E-state index contributed by atoms with van der Waals surface area (Å²) in [5.41, 5.74) is 14.2. The number of thiophene rings is 1. The van der Waals surface area contributed by atoms with Gasteiger partial charge in [-0.2, -0.15) is 0 Å². The molecule has 6 heteroatoms. The summed E-state index contributed by atoms with van der Waals surface area (Å²) in [6.45, 7) is 14.1. The van der Waals surface area contributed by atoms with Gasteiger partial charge in [0.2, 0.25) is 0 Å². The lowest BCUT2D eigenvalue weighted by Gasteiger charge is -2.28. The van der Waals surface area contributed by atoms with Gasteiger partial charge in [0, 0.05) is 67.1 Å². The molecule has 0 aliphatic carbocycles. The summed E-state index contributed by atoms with van der Waals surface area (Å²) >= 11 is 1.85. The van der Waals surface area contributed by atoms with Gasteiger partial charge in [0.15, 0.2) is 0 Å². The lowest BCUT2D eigenvalue weighted by atomic mass is 9.88. The largest absolute Gasteiger partial charge is 0.457 e. The third-order valence-electron chi connectivity index (χ3n) is 12.5. The molecule has 0 unspecified atom stereocenters. The Balaban J connectivity index is 1.05. The molecule has 5 nitrogen and oxygen atoms in total. The standard InChI is InChI=1S/C57H48N4OS/c1-36-30-37(2)52(38(3)31-36)60-35-59(53(39-16-9-7-10-17-39)54(60)40-18-11-8-12-19-40)42-20-15-21-43(33-42)62-44-24-25-45-47-26-27-48-46-22-13-14-23-50(46)63-56(48)55(47)61(49(45)34-44)51-32-41(28-29-58-51)57(4,5)6/h7-34H,35H2,1-6H3. The van der Waals surface area contributed by atoms with E-state index in [0.717, 1.165) is 39.8 Å². The first-order chi connectivity index (χ1) is 30.6. The fraction of sp³-hybridized carbons (Fsp3) is 0.140. The molecule has 1 aliphatic heterocycles. The van der Waals surface area contributed by atoms with E-state index in [4.69, 9.17) is 9.72 Å². The molecule has 0 radical (unpaired) electrons. The predicted molar refractivity (Wildman–Crippen MR) is 267 cm³/mol. The minimum atomic E-state index is -0.0374. The number of fused-ring (bicyclic) bond motifs is 7. The van der Waals surface area contributed by atoms with Crippen molar-refractivity contribution in [3.63, 3.8) is 0 Å². The fourth-order valence-corrected chi connectivity index (χ4v) is 11.0. The highest BCUT2D eigenvalue weighted by Crippen LogP contribution is 2.47. The van der Waals surface area contributed by atoms with Gasteiger partial charge >= 0.3 is 0 Å². The molecule has 0 fully saturated rings. The molecular weight excluding hydrogens is 789 g/mol. The number of aromatic nitrogens is 2. The van der Waals surface area contributed by atoms with Crippen LogP contribution in [0.25, 0.3) is 59.2 Å². The predicted octanol–water partition coefficient (Wildman–Crippen LogP) is 15.4. The highest BCUT2D eigenvalue weighted by molar-refractivity contribution is 7.26. The van der Waals surface area contributed by atoms with Gasteiger partial charge in [0.1, 0.15) is 24.0 Å². The minimum absolute atomic E-state index is 0.0374. The van der Waals surface area contributed by atoms with Crippen LogP contribution >= 0.6 is 11.3 Å². The summed E-state index contributed by atoms with van der Waals surface area (Å²) in [7, 11) is 0. The number of rotatable bonds is 7. The summed E-state index contributed by atoms with van der Waals surface area (Å²) in [6.07, 6.45) is 1.95. The Morgan fingerprint density at radius 2 is 1.22 bits per heavy atom. The molecule has 0 saturated carbocycles. The molecule has 11 rings (SSSR count). The van der Waals surface area contributed by atoms with Crippen LogP contribution in [0, 0.1) is 20.8 Å². The summed E-state index contributed by atoms with van der Waals surface area (Å²) in [5.74, 6) is 2.43. The number of pyridine rings is 1. The maximum atomic E-state index is 6.91. The molecule has 10 aromatic rings. The van der Waals surface area contributed by atoms with Crippen molar-refractivity contribution in [1.82, 2.24) is 9.55 Å². The lowest BCUT2D eigenvalue weighted by molar-refractivity contribution is 0.483. The van der Waals surface area contributed by atoms with Gasteiger partial charge in [-0.1, -0.05) is 136 Å². The van der Waals surface area contributed by atoms with Crippen LogP contribution in [0.15, 0.2) is 170 Å². The number of nitrogens with zero attached hydrogens (tertiary/aromatic N) is 4. The maximum Gasteiger partial charge on any atom is 0.137 e. The second kappa shape index (κ2) is 15.0. The van der Waals surface area contributed by atoms with E-state index in [1.54, 1.807) is 0 Å². The Morgan fingerprint density at radius 1 is 0.571 bits per heavy atom. The van der Waals surface area contributed by atoms with Crippen molar-refractivity contribution >= 4 is 76.1 Å². The number of hydrogen-bond acceptors (Lipinski definition) is 5. The number of aryl methyl sites for hydroxylation is 3. The summed E-state index contributed by atoms with van der Waals surface area (Å²) in [6, 6.07) is 58.9. The number of hydrogen-bond donors (Lipinski definition) is 0. The minimum Gasteiger partial charge on any atom is -0.457 e. The van der Waals surface area contributed by atoms with E-state index >= 15 is 0 Å². The third kappa shape index (κ3) is 6.64. The zero-order valence-electron chi connectivity index (χ0n) is 36.5. The molecular formula is C57H48N4OS. The average Bonchev–Trinajstić information content (AvgIpc) is 3.97. The molecule has 3 aromatic heterocycles. The zero-order chi connectivity index (χ0) is 43.0. The molecule has 0 amide bonds. The van der Waals surface area contributed by atoms with Gasteiger partial charge in [0.05, 0.1) is 27.1 Å². The monoisotopic (exact) mass is 836 g/mol. The molecule has 0 spiro atoms. The van der Waals surface area contributed by atoms with E-state index in [0.29, 0.717) is 6.67 Å². The van der Waals surface area contributed by atoms with Gasteiger partial charge in [0.25, 0.3) is 0 Å². The first-order valence-electron chi connectivity index (χ1n) is 21.7. The zero-order valence-corrected chi connectivity index (χ0v) is 37.3. The van der Waals surface area contributed by atoms with E-state index in [2.05, 4.69) is 220 Å². The average molecular weight is 837 g/mol. The van der Waals surface area contributed by atoms with Crippen LogP contribution < -0.4 is 14.5 Å². The smallest absolute Gasteiger partial charge is 0.137 e. The van der Waals surface area contributed by atoms with E-state index < -0.39 is 0 Å². The van der Waals surface area contributed by atoms with Gasteiger partial charge in [-0.3, -0.25) is 4.57 Å². The van der Waals surface area contributed by atoms with Crippen LogP contribution in [-0.2, 0) is 5.41 Å². The fourth-order valence-electron chi connectivity index (χ4n) is 9.73. The van der Waals surface area contributed by atoms with E-state index in [9.17, 15) is 0 Å². The van der Waals surface area contributed by atoms with Gasteiger partial charge < -0.3 is 14.5 Å². The highest BCUT2D eigenvalue weighted by Gasteiger charge is 2.34. The van der Waals surface area contributed by atoms with Crippen LogP contribution in [-0.4, -0.2) is 16.2 Å².